The number of ether oxygens (including phenoxy) is 1. The summed E-state index contributed by atoms with van der Waals surface area (Å²) in [6, 6.07) is 11.8. The van der Waals surface area contributed by atoms with E-state index in [1.807, 2.05) is 31.2 Å². The Bertz CT molecular complexity index is 981. The van der Waals surface area contributed by atoms with E-state index in [0.717, 1.165) is 59.8 Å². The molecule has 1 fully saturated rings. The average molecular weight is 348 g/mol. The van der Waals surface area contributed by atoms with Gasteiger partial charge in [-0.05, 0) is 42.8 Å². The minimum Gasteiger partial charge on any atom is -0.378 e. The molecule has 0 bridgehead atoms. The van der Waals surface area contributed by atoms with Gasteiger partial charge in [0.25, 0.3) is 0 Å². The first-order valence-electron chi connectivity index (χ1n) is 8.63. The molecule has 6 heteroatoms. The number of amides is 1. The van der Waals surface area contributed by atoms with Gasteiger partial charge in [0, 0.05) is 35.8 Å². The Labute approximate surface area is 151 Å². The Kier molecular flexibility index (Phi) is 4.26. The molecule has 0 aliphatic carbocycles. The third-order valence-electron chi connectivity index (χ3n) is 4.75. The molecule has 2 aromatic heterocycles. The Morgan fingerprint density at radius 1 is 1.15 bits per heavy atom. The van der Waals surface area contributed by atoms with Gasteiger partial charge in [-0.2, -0.15) is 0 Å². The van der Waals surface area contributed by atoms with Crippen LogP contribution in [0.5, 0.6) is 0 Å². The molecule has 1 amide bonds. The lowest BCUT2D eigenvalue weighted by molar-refractivity contribution is 0.0999. The van der Waals surface area contributed by atoms with Gasteiger partial charge in [0.2, 0.25) is 5.91 Å². The Hall–Kier alpha value is -2.99. The predicted molar refractivity (Wildman–Crippen MR) is 101 cm³/mol. The summed E-state index contributed by atoms with van der Waals surface area (Å²) in [6.07, 6.45) is 1.62. The number of nitrogens with two attached hydrogens (primary N) is 1. The van der Waals surface area contributed by atoms with Gasteiger partial charge < -0.3 is 15.4 Å². The molecule has 1 aliphatic heterocycles. The van der Waals surface area contributed by atoms with Crippen molar-refractivity contribution in [2.24, 2.45) is 5.73 Å². The summed E-state index contributed by atoms with van der Waals surface area (Å²) < 4.78 is 5.40. The zero-order chi connectivity index (χ0) is 18.1. The summed E-state index contributed by atoms with van der Waals surface area (Å²) >= 11 is 0. The van der Waals surface area contributed by atoms with Crippen molar-refractivity contribution in [3.8, 4) is 11.3 Å². The summed E-state index contributed by atoms with van der Waals surface area (Å²) in [6.45, 7) is 5.06. The Morgan fingerprint density at radius 2 is 1.96 bits per heavy atom. The molecule has 1 aliphatic rings. The van der Waals surface area contributed by atoms with E-state index in [1.165, 1.54) is 0 Å². The highest BCUT2D eigenvalue weighted by Gasteiger charge is 2.14. The first-order chi connectivity index (χ1) is 12.6. The largest absolute Gasteiger partial charge is 0.378 e. The minimum atomic E-state index is -0.441. The molecular weight excluding hydrogens is 328 g/mol. The molecule has 2 N–H and O–H groups in total. The fourth-order valence-corrected chi connectivity index (χ4v) is 3.32. The second kappa shape index (κ2) is 6.72. The van der Waals surface area contributed by atoms with E-state index in [1.54, 1.807) is 12.3 Å². The van der Waals surface area contributed by atoms with Crippen molar-refractivity contribution in [1.29, 1.82) is 0 Å². The second-order valence-electron chi connectivity index (χ2n) is 6.37. The molecule has 0 unspecified atom stereocenters. The van der Waals surface area contributed by atoms with Crippen molar-refractivity contribution in [1.82, 2.24) is 9.97 Å². The van der Waals surface area contributed by atoms with Crippen LogP contribution >= 0.6 is 0 Å². The lowest BCUT2D eigenvalue weighted by Crippen LogP contribution is -2.36. The Balaban J connectivity index is 1.72. The number of anilines is 1. The first-order valence-corrected chi connectivity index (χ1v) is 8.63. The topological polar surface area (TPSA) is 81.3 Å². The molecule has 0 saturated carbocycles. The van der Waals surface area contributed by atoms with Gasteiger partial charge in [-0.15, -0.1) is 0 Å². The standard InChI is InChI=1S/C20H20N4O2/c1-13-16(20(21)25)6-7-22-19(13)15-2-4-17-14(12-15)3-5-18(23-17)24-8-10-26-11-9-24/h2-7,12H,8-11H2,1H3,(H2,21,25). The number of nitrogens with zero attached hydrogens (tertiary/aromatic N) is 3. The fraction of sp³-hybridized carbons (Fsp3) is 0.250. The van der Waals surface area contributed by atoms with Crippen molar-refractivity contribution in [3.63, 3.8) is 0 Å². The summed E-state index contributed by atoms with van der Waals surface area (Å²) in [5.41, 5.74) is 9.37. The van der Waals surface area contributed by atoms with Gasteiger partial charge in [0.1, 0.15) is 5.82 Å². The van der Waals surface area contributed by atoms with Crippen LogP contribution < -0.4 is 10.6 Å². The number of benzene rings is 1. The highest BCUT2D eigenvalue weighted by atomic mass is 16.5. The number of fused-ring (bicyclic) bond motifs is 1. The quantitative estimate of drug-likeness (QED) is 0.787. The van der Waals surface area contributed by atoms with Gasteiger partial charge in [-0.3, -0.25) is 9.78 Å². The van der Waals surface area contributed by atoms with Crippen LogP contribution in [-0.4, -0.2) is 42.2 Å². The summed E-state index contributed by atoms with van der Waals surface area (Å²) in [5.74, 6) is 0.530. The molecule has 1 saturated heterocycles. The lowest BCUT2D eigenvalue weighted by atomic mass is 10.0. The van der Waals surface area contributed by atoms with Crippen molar-refractivity contribution in [3.05, 3.63) is 53.7 Å². The van der Waals surface area contributed by atoms with Crippen LogP contribution in [0, 0.1) is 6.92 Å². The average Bonchev–Trinajstić information content (AvgIpc) is 2.68. The number of hydrogen-bond acceptors (Lipinski definition) is 5. The number of carbonyl (C=O) groups excluding carboxylic acids is 1. The molecule has 132 valence electrons. The molecule has 1 aromatic carbocycles. The number of aromatic nitrogens is 2. The lowest BCUT2D eigenvalue weighted by Gasteiger charge is -2.27. The number of morpholine rings is 1. The van der Waals surface area contributed by atoms with E-state index in [-0.39, 0.29) is 0 Å². The van der Waals surface area contributed by atoms with E-state index in [2.05, 4.69) is 16.0 Å². The molecular formula is C20H20N4O2. The smallest absolute Gasteiger partial charge is 0.249 e. The molecule has 0 spiro atoms. The minimum absolute atomic E-state index is 0.441. The number of pyridine rings is 2. The first kappa shape index (κ1) is 16.5. The van der Waals surface area contributed by atoms with E-state index in [9.17, 15) is 4.79 Å². The maximum Gasteiger partial charge on any atom is 0.249 e. The maximum absolute atomic E-state index is 11.6. The van der Waals surface area contributed by atoms with Crippen molar-refractivity contribution < 1.29 is 9.53 Å². The van der Waals surface area contributed by atoms with Crippen molar-refractivity contribution in [2.75, 3.05) is 31.2 Å². The summed E-state index contributed by atoms with van der Waals surface area (Å²) in [5, 5.41) is 1.03. The highest BCUT2D eigenvalue weighted by Crippen LogP contribution is 2.27. The van der Waals surface area contributed by atoms with E-state index in [0.29, 0.717) is 5.56 Å². The number of rotatable bonds is 3. The van der Waals surface area contributed by atoms with E-state index < -0.39 is 5.91 Å². The van der Waals surface area contributed by atoms with Gasteiger partial charge in [0.05, 0.1) is 24.4 Å². The van der Waals surface area contributed by atoms with Crippen LogP contribution in [0.1, 0.15) is 15.9 Å². The third kappa shape index (κ3) is 2.99. The van der Waals surface area contributed by atoms with Crippen LogP contribution in [0.3, 0.4) is 0 Å². The molecule has 0 radical (unpaired) electrons. The van der Waals surface area contributed by atoms with Crippen LogP contribution in [0.4, 0.5) is 5.82 Å². The van der Waals surface area contributed by atoms with Crippen molar-refractivity contribution >= 4 is 22.6 Å². The molecule has 0 atom stereocenters. The van der Waals surface area contributed by atoms with Gasteiger partial charge in [0.15, 0.2) is 0 Å². The zero-order valence-electron chi connectivity index (χ0n) is 14.6. The van der Waals surface area contributed by atoms with Crippen LogP contribution in [-0.2, 0) is 4.74 Å². The van der Waals surface area contributed by atoms with Gasteiger partial charge in [-0.25, -0.2) is 4.98 Å². The Morgan fingerprint density at radius 3 is 2.73 bits per heavy atom. The van der Waals surface area contributed by atoms with Crippen LogP contribution in [0.2, 0.25) is 0 Å². The van der Waals surface area contributed by atoms with Crippen LogP contribution in [0.25, 0.3) is 22.2 Å². The maximum atomic E-state index is 11.6. The second-order valence-corrected chi connectivity index (χ2v) is 6.37. The number of primary amides is 1. The molecule has 3 heterocycles. The third-order valence-corrected chi connectivity index (χ3v) is 4.75. The summed E-state index contributed by atoms with van der Waals surface area (Å²) in [7, 11) is 0. The van der Waals surface area contributed by atoms with Gasteiger partial charge in [-0.1, -0.05) is 6.07 Å². The normalized spacial score (nSPS) is 14.6. The van der Waals surface area contributed by atoms with E-state index >= 15 is 0 Å². The predicted octanol–water partition coefficient (Wildman–Crippen LogP) is 2.54. The SMILES string of the molecule is Cc1c(C(N)=O)ccnc1-c1ccc2nc(N3CCOCC3)ccc2c1. The van der Waals surface area contributed by atoms with E-state index in [4.69, 9.17) is 15.5 Å². The van der Waals surface area contributed by atoms with Crippen molar-refractivity contribution in [2.45, 2.75) is 6.92 Å². The van der Waals surface area contributed by atoms with Crippen LogP contribution in [0.15, 0.2) is 42.6 Å². The highest BCUT2D eigenvalue weighted by molar-refractivity contribution is 5.96. The number of carbonyl (C=O) groups is 1. The van der Waals surface area contributed by atoms with Gasteiger partial charge >= 0.3 is 0 Å². The number of hydrogen-bond donors (Lipinski definition) is 1. The zero-order valence-corrected chi connectivity index (χ0v) is 14.6. The summed E-state index contributed by atoms with van der Waals surface area (Å²) in [4.78, 5) is 23.0. The monoisotopic (exact) mass is 348 g/mol. The fourth-order valence-electron chi connectivity index (χ4n) is 3.32. The molecule has 6 nitrogen and oxygen atoms in total. The molecule has 3 aromatic rings. The molecule has 4 rings (SSSR count). The molecule has 26 heavy (non-hydrogen) atoms.